The lowest BCUT2D eigenvalue weighted by Crippen LogP contribution is -2.51. The highest BCUT2D eigenvalue weighted by Gasteiger charge is 2.37. The van der Waals surface area contributed by atoms with Crippen molar-refractivity contribution in [2.75, 3.05) is 25.6 Å². The van der Waals surface area contributed by atoms with Crippen molar-refractivity contribution in [3.8, 4) is 0 Å². The zero-order valence-corrected chi connectivity index (χ0v) is 17.6. The Bertz CT molecular complexity index is 672. The highest BCUT2D eigenvalue weighted by molar-refractivity contribution is 5.96. The Labute approximate surface area is 173 Å². The van der Waals surface area contributed by atoms with Gasteiger partial charge in [-0.05, 0) is 56.9 Å². The third-order valence-electron chi connectivity index (χ3n) is 6.03. The summed E-state index contributed by atoms with van der Waals surface area (Å²) in [6.45, 7) is 3.37. The molecule has 1 aromatic rings. The number of ether oxygens (including phenoxy) is 1. The van der Waals surface area contributed by atoms with Crippen LogP contribution in [0.25, 0.3) is 0 Å². The average molecular weight is 410 g/mol. The second kappa shape index (κ2) is 9.72. The van der Waals surface area contributed by atoms with Gasteiger partial charge in [-0.1, -0.05) is 12.8 Å². The minimum Gasteiger partial charge on any atom is -0.381 e. The fraction of sp³-hybridized carbons (Fsp3) is 0.619. The quantitative estimate of drug-likeness (QED) is 0.799. The van der Waals surface area contributed by atoms with Gasteiger partial charge in [-0.3, -0.25) is 9.59 Å². The first-order valence-electron chi connectivity index (χ1n) is 9.93. The molecule has 0 radical (unpaired) electrons. The second-order valence-electron chi connectivity index (χ2n) is 8.13. The smallest absolute Gasteiger partial charge is 0.253 e. The predicted octanol–water partition coefficient (Wildman–Crippen LogP) is 3.21. The number of nitrogens with zero attached hydrogens (tertiary/aromatic N) is 1. The molecule has 6 nitrogen and oxygen atoms in total. The number of carbonyl (C=O) groups excluding carboxylic acids is 2. The van der Waals surface area contributed by atoms with Gasteiger partial charge in [0.25, 0.3) is 5.91 Å². The molecule has 2 atom stereocenters. The van der Waals surface area contributed by atoms with E-state index in [4.69, 9.17) is 10.5 Å². The van der Waals surface area contributed by atoms with Gasteiger partial charge in [-0.15, -0.1) is 12.4 Å². The zero-order valence-electron chi connectivity index (χ0n) is 16.8. The molecule has 3 rings (SSSR count). The number of nitrogens with one attached hydrogen (secondary N) is 1. The summed E-state index contributed by atoms with van der Waals surface area (Å²) in [5.74, 6) is -0.202. The largest absolute Gasteiger partial charge is 0.381 e. The highest BCUT2D eigenvalue weighted by atomic mass is 35.5. The van der Waals surface area contributed by atoms with Crippen LogP contribution < -0.4 is 11.1 Å². The van der Waals surface area contributed by atoms with Gasteiger partial charge in [0.2, 0.25) is 5.91 Å². The normalized spacial score (nSPS) is 25.5. The van der Waals surface area contributed by atoms with E-state index in [-0.39, 0.29) is 36.2 Å². The van der Waals surface area contributed by atoms with Crippen LogP contribution in [0.2, 0.25) is 0 Å². The molecular weight excluding hydrogens is 378 g/mol. The van der Waals surface area contributed by atoms with Crippen LogP contribution in [0, 0.1) is 5.92 Å². The van der Waals surface area contributed by atoms with Crippen molar-refractivity contribution in [2.45, 2.75) is 57.0 Å². The molecule has 1 aliphatic carbocycles. The molecule has 28 heavy (non-hydrogen) atoms. The van der Waals surface area contributed by atoms with E-state index in [1.807, 2.05) is 14.0 Å². The molecule has 2 amide bonds. The molecule has 156 valence electrons. The van der Waals surface area contributed by atoms with Crippen molar-refractivity contribution in [2.24, 2.45) is 11.7 Å². The SMILES string of the molecule is CN(C(=O)c1ccc(NC(=O)C2CCCCC2(C)N)cc1)C1CCOCC1.Cl. The first-order valence-corrected chi connectivity index (χ1v) is 9.93. The van der Waals surface area contributed by atoms with Crippen molar-refractivity contribution < 1.29 is 14.3 Å². The van der Waals surface area contributed by atoms with Crippen molar-refractivity contribution in [1.29, 1.82) is 0 Å². The molecule has 2 unspecified atom stereocenters. The fourth-order valence-corrected chi connectivity index (χ4v) is 4.16. The third kappa shape index (κ3) is 5.25. The van der Waals surface area contributed by atoms with E-state index in [9.17, 15) is 9.59 Å². The third-order valence-corrected chi connectivity index (χ3v) is 6.03. The van der Waals surface area contributed by atoms with E-state index in [1.165, 1.54) is 0 Å². The summed E-state index contributed by atoms with van der Waals surface area (Å²) in [4.78, 5) is 27.1. The van der Waals surface area contributed by atoms with Crippen LogP contribution in [-0.2, 0) is 9.53 Å². The van der Waals surface area contributed by atoms with Crippen LogP contribution in [0.15, 0.2) is 24.3 Å². The van der Waals surface area contributed by atoms with Crippen LogP contribution in [0.1, 0.15) is 55.8 Å². The average Bonchev–Trinajstić information content (AvgIpc) is 2.67. The topological polar surface area (TPSA) is 84.7 Å². The van der Waals surface area contributed by atoms with Crippen molar-refractivity contribution >= 4 is 29.9 Å². The fourth-order valence-electron chi connectivity index (χ4n) is 4.16. The van der Waals surface area contributed by atoms with Crippen molar-refractivity contribution in [3.05, 3.63) is 29.8 Å². The number of benzene rings is 1. The van der Waals surface area contributed by atoms with Crippen LogP contribution in [-0.4, -0.2) is 48.6 Å². The Hall–Kier alpha value is -1.63. The number of amides is 2. The molecule has 1 aromatic carbocycles. The van der Waals surface area contributed by atoms with Crippen LogP contribution in [0.3, 0.4) is 0 Å². The summed E-state index contributed by atoms with van der Waals surface area (Å²) in [5, 5.41) is 2.97. The lowest BCUT2D eigenvalue weighted by Gasteiger charge is -2.37. The monoisotopic (exact) mass is 409 g/mol. The molecule has 0 aromatic heterocycles. The van der Waals surface area contributed by atoms with E-state index >= 15 is 0 Å². The molecule has 0 spiro atoms. The second-order valence-corrected chi connectivity index (χ2v) is 8.13. The maximum atomic E-state index is 12.7. The maximum absolute atomic E-state index is 12.7. The summed E-state index contributed by atoms with van der Waals surface area (Å²) in [6, 6.07) is 7.35. The summed E-state index contributed by atoms with van der Waals surface area (Å²) in [5.41, 5.74) is 7.20. The van der Waals surface area contributed by atoms with Gasteiger partial charge in [0.05, 0.1) is 5.92 Å². The molecule has 2 aliphatic rings. The standard InChI is InChI=1S/C21H31N3O3.ClH/c1-21(22)12-4-3-5-18(21)19(25)23-16-8-6-15(7-9-16)20(26)24(2)17-10-13-27-14-11-17;/h6-9,17-18H,3-5,10-14,22H2,1-2H3,(H,23,25);1H. The Morgan fingerprint density at radius 3 is 2.39 bits per heavy atom. The van der Waals surface area contributed by atoms with E-state index in [0.717, 1.165) is 38.5 Å². The number of hydrogen-bond acceptors (Lipinski definition) is 4. The summed E-state index contributed by atoms with van der Waals surface area (Å²) < 4.78 is 5.37. The van der Waals surface area contributed by atoms with E-state index < -0.39 is 5.54 Å². The van der Waals surface area contributed by atoms with Gasteiger partial charge < -0.3 is 20.7 Å². The molecule has 1 heterocycles. The predicted molar refractivity (Wildman–Crippen MR) is 113 cm³/mol. The van der Waals surface area contributed by atoms with Gasteiger partial charge in [0, 0.05) is 43.1 Å². The van der Waals surface area contributed by atoms with E-state index in [2.05, 4.69) is 5.32 Å². The van der Waals surface area contributed by atoms with Crippen molar-refractivity contribution in [3.63, 3.8) is 0 Å². The number of hydrogen-bond donors (Lipinski definition) is 2. The molecule has 1 saturated heterocycles. The lowest BCUT2D eigenvalue weighted by atomic mass is 9.74. The maximum Gasteiger partial charge on any atom is 0.253 e. The van der Waals surface area contributed by atoms with Crippen LogP contribution >= 0.6 is 12.4 Å². The lowest BCUT2D eigenvalue weighted by molar-refractivity contribution is -0.122. The molecule has 7 heteroatoms. The Morgan fingerprint density at radius 2 is 1.79 bits per heavy atom. The number of nitrogens with two attached hydrogens (primary N) is 1. The van der Waals surface area contributed by atoms with Gasteiger partial charge in [-0.2, -0.15) is 0 Å². The number of rotatable bonds is 4. The van der Waals surface area contributed by atoms with Gasteiger partial charge >= 0.3 is 0 Å². The number of carbonyl (C=O) groups is 2. The minimum atomic E-state index is -0.454. The summed E-state index contributed by atoms with van der Waals surface area (Å²) in [6.07, 6.45) is 5.55. The van der Waals surface area contributed by atoms with Gasteiger partial charge in [0.15, 0.2) is 0 Å². The van der Waals surface area contributed by atoms with Crippen LogP contribution in [0.4, 0.5) is 5.69 Å². The zero-order chi connectivity index (χ0) is 19.4. The Balaban J connectivity index is 0.00000280. The first-order chi connectivity index (χ1) is 12.9. The number of anilines is 1. The molecule has 3 N–H and O–H groups in total. The minimum absolute atomic E-state index is 0. The number of halogens is 1. The molecular formula is C21H32ClN3O3. The van der Waals surface area contributed by atoms with E-state index in [1.54, 1.807) is 29.2 Å². The van der Waals surface area contributed by atoms with Gasteiger partial charge in [0.1, 0.15) is 0 Å². The first kappa shape index (κ1) is 22.7. The van der Waals surface area contributed by atoms with Gasteiger partial charge in [-0.25, -0.2) is 0 Å². The molecule has 0 bridgehead atoms. The van der Waals surface area contributed by atoms with Crippen LogP contribution in [0.5, 0.6) is 0 Å². The summed E-state index contributed by atoms with van der Waals surface area (Å²) >= 11 is 0. The molecule has 1 saturated carbocycles. The summed E-state index contributed by atoms with van der Waals surface area (Å²) in [7, 11) is 1.85. The van der Waals surface area contributed by atoms with Crippen molar-refractivity contribution in [1.82, 2.24) is 4.90 Å². The highest BCUT2D eigenvalue weighted by Crippen LogP contribution is 2.32. The molecule has 2 fully saturated rings. The molecule has 1 aliphatic heterocycles. The Morgan fingerprint density at radius 1 is 1.14 bits per heavy atom. The Kier molecular flexibility index (Phi) is 7.87. The van der Waals surface area contributed by atoms with E-state index in [0.29, 0.717) is 24.5 Å².